The van der Waals surface area contributed by atoms with Crippen molar-refractivity contribution in [2.75, 3.05) is 0 Å². The molecule has 4 rings (SSSR count). The van der Waals surface area contributed by atoms with Gasteiger partial charge in [-0.2, -0.15) is 0 Å². The van der Waals surface area contributed by atoms with Crippen molar-refractivity contribution in [3.63, 3.8) is 0 Å². The van der Waals surface area contributed by atoms with Gasteiger partial charge in [0.2, 0.25) is 5.91 Å². The first-order chi connectivity index (χ1) is 16.0. The summed E-state index contributed by atoms with van der Waals surface area (Å²) >= 11 is 6.49. The maximum atomic E-state index is 13.6. The standard InChI is InChI=1S/C25H30ClN3O4/c26-21-14-6-5-13-20(21)22(23(30)27-17-8-1-2-9-17)29(16-19-12-7-15-33-19)25(32)24(31)28-18-10-3-4-11-18/h5-7,12-15,17-18,22H,1-4,8-11,16H2,(H,27,30)(H,28,31). The lowest BCUT2D eigenvalue weighted by atomic mass is 10.0. The Kier molecular flexibility index (Phi) is 7.70. The molecule has 7 nitrogen and oxygen atoms in total. The normalized spacial score (nSPS) is 17.6. The third-order valence-corrected chi connectivity index (χ3v) is 6.86. The summed E-state index contributed by atoms with van der Waals surface area (Å²) in [5.74, 6) is -1.35. The average molecular weight is 472 g/mol. The molecule has 3 amide bonds. The second kappa shape index (κ2) is 10.9. The van der Waals surface area contributed by atoms with Gasteiger partial charge < -0.3 is 20.0 Å². The molecular weight excluding hydrogens is 442 g/mol. The number of rotatable bonds is 7. The lowest BCUT2D eigenvalue weighted by molar-refractivity contribution is -0.151. The van der Waals surface area contributed by atoms with Crippen LogP contribution in [0, 0.1) is 0 Å². The molecule has 8 heteroatoms. The fourth-order valence-electron chi connectivity index (χ4n) is 4.80. The number of hydrogen-bond donors (Lipinski definition) is 2. The lowest BCUT2D eigenvalue weighted by Crippen LogP contribution is -2.51. The minimum atomic E-state index is -1.06. The molecule has 2 aliphatic rings. The molecule has 1 heterocycles. The molecular formula is C25H30ClN3O4. The van der Waals surface area contributed by atoms with Crippen LogP contribution in [0.2, 0.25) is 5.02 Å². The summed E-state index contributed by atoms with van der Waals surface area (Å²) < 4.78 is 5.47. The van der Waals surface area contributed by atoms with Crippen LogP contribution in [0.4, 0.5) is 0 Å². The van der Waals surface area contributed by atoms with E-state index in [0.29, 0.717) is 16.3 Å². The van der Waals surface area contributed by atoms with E-state index >= 15 is 0 Å². The van der Waals surface area contributed by atoms with Gasteiger partial charge >= 0.3 is 11.8 Å². The molecule has 0 spiro atoms. The van der Waals surface area contributed by atoms with Crippen LogP contribution in [0.5, 0.6) is 0 Å². The summed E-state index contributed by atoms with van der Waals surface area (Å²) in [4.78, 5) is 41.3. The molecule has 0 aliphatic heterocycles. The molecule has 0 bridgehead atoms. The van der Waals surface area contributed by atoms with Gasteiger partial charge in [-0.05, 0) is 43.9 Å². The highest BCUT2D eigenvalue weighted by Crippen LogP contribution is 2.31. The highest BCUT2D eigenvalue weighted by atomic mass is 35.5. The van der Waals surface area contributed by atoms with Crippen molar-refractivity contribution < 1.29 is 18.8 Å². The molecule has 33 heavy (non-hydrogen) atoms. The first-order valence-electron chi connectivity index (χ1n) is 11.7. The molecule has 2 aromatic rings. The second-order valence-electron chi connectivity index (χ2n) is 8.88. The van der Waals surface area contributed by atoms with Gasteiger partial charge in [0.15, 0.2) is 0 Å². The Morgan fingerprint density at radius 1 is 0.939 bits per heavy atom. The van der Waals surface area contributed by atoms with E-state index in [9.17, 15) is 14.4 Å². The van der Waals surface area contributed by atoms with Crippen LogP contribution < -0.4 is 10.6 Å². The van der Waals surface area contributed by atoms with Crippen LogP contribution >= 0.6 is 11.6 Å². The fraction of sp³-hybridized carbons (Fsp3) is 0.480. The number of nitrogens with one attached hydrogen (secondary N) is 2. The summed E-state index contributed by atoms with van der Waals surface area (Å²) in [6.45, 7) is -0.0299. The number of furan rings is 1. The highest BCUT2D eigenvalue weighted by Gasteiger charge is 2.38. The third kappa shape index (κ3) is 5.77. The van der Waals surface area contributed by atoms with Crippen molar-refractivity contribution in [2.45, 2.75) is 76.0 Å². The Bertz CT molecular complexity index is 966. The van der Waals surface area contributed by atoms with E-state index in [1.807, 2.05) is 0 Å². The van der Waals surface area contributed by atoms with Crippen molar-refractivity contribution >= 4 is 29.3 Å². The van der Waals surface area contributed by atoms with Gasteiger partial charge in [-0.1, -0.05) is 55.5 Å². The summed E-state index contributed by atoms with van der Waals surface area (Å²) in [5.41, 5.74) is 0.475. The van der Waals surface area contributed by atoms with E-state index in [2.05, 4.69) is 10.6 Å². The number of hydrogen-bond acceptors (Lipinski definition) is 4. The quantitative estimate of drug-likeness (QED) is 0.594. The Morgan fingerprint density at radius 2 is 1.58 bits per heavy atom. The van der Waals surface area contributed by atoms with Gasteiger partial charge in [0.1, 0.15) is 11.8 Å². The zero-order valence-electron chi connectivity index (χ0n) is 18.6. The molecule has 2 fully saturated rings. The van der Waals surface area contributed by atoms with Crippen LogP contribution in [-0.2, 0) is 20.9 Å². The number of benzene rings is 1. The predicted molar refractivity (Wildman–Crippen MR) is 124 cm³/mol. The fourth-order valence-corrected chi connectivity index (χ4v) is 5.04. The van der Waals surface area contributed by atoms with Crippen LogP contribution in [0.1, 0.15) is 68.7 Å². The minimum Gasteiger partial charge on any atom is -0.467 e. The van der Waals surface area contributed by atoms with Gasteiger partial charge in [-0.3, -0.25) is 14.4 Å². The van der Waals surface area contributed by atoms with Gasteiger partial charge in [-0.15, -0.1) is 0 Å². The molecule has 1 atom stereocenters. The van der Waals surface area contributed by atoms with Crippen molar-refractivity contribution in [2.24, 2.45) is 0 Å². The van der Waals surface area contributed by atoms with Crippen LogP contribution in [0.25, 0.3) is 0 Å². The topological polar surface area (TPSA) is 91.7 Å². The third-order valence-electron chi connectivity index (χ3n) is 6.51. The number of halogens is 1. The van der Waals surface area contributed by atoms with E-state index in [-0.39, 0.29) is 24.5 Å². The van der Waals surface area contributed by atoms with Crippen LogP contribution in [0.15, 0.2) is 47.1 Å². The van der Waals surface area contributed by atoms with Gasteiger partial charge in [-0.25, -0.2) is 0 Å². The lowest BCUT2D eigenvalue weighted by Gasteiger charge is -2.32. The number of carbonyl (C=O) groups is 3. The van der Waals surface area contributed by atoms with E-state index < -0.39 is 17.9 Å². The van der Waals surface area contributed by atoms with Crippen LogP contribution in [0.3, 0.4) is 0 Å². The Hall–Kier alpha value is -2.80. The smallest absolute Gasteiger partial charge is 0.313 e. The maximum absolute atomic E-state index is 13.6. The highest BCUT2D eigenvalue weighted by molar-refractivity contribution is 6.35. The van der Waals surface area contributed by atoms with E-state index in [1.54, 1.807) is 36.4 Å². The predicted octanol–water partition coefficient (Wildman–Crippen LogP) is 4.12. The molecule has 0 radical (unpaired) electrons. The van der Waals surface area contributed by atoms with E-state index in [1.165, 1.54) is 11.2 Å². The average Bonchev–Trinajstić information content (AvgIpc) is 3.58. The molecule has 2 N–H and O–H groups in total. The monoisotopic (exact) mass is 471 g/mol. The molecule has 1 aromatic carbocycles. The molecule has 2 aliphatic carbocycles. The number of nitrogens with zero attached hydrogens (tertiary/aromatic N) is 1. The number of carbonyl (C=O) groups excluding carboxylic acids is 3. The Labute approximate surface area is 198 Å². The van der Waals surface area contributed by atoms with Gasteiger partial charge in [0.05, 0.1) is 12.8 Å². The summed E-state index contributed by atoms with van der Waals surface area (Å²) in [5, 5.41) is 6.28. The summed E-state index contributed by atoms with van der Waals surface area (Å²) in [6.07, 6.45) is 9.18. The molecule has 2 saturated carbocycles. The maximum Gasteiger partial charge on any atom is 0.313 e. The zero-order chi connectivity index (χ0) is 23.2. The van der Waals surface area contributed by atoms with Gasteiger partial charge in [0.25, 0.3) is 0 Å². The largest absolute Gasteiger partial charge is 0.467 e. The minimum absolute atomic E-state index is 0.0157. The Morgan fingerprint density at radius 3 is 2.18 bits per heavy atom. The molecule has 1 aromatic heterocycles. The SMILES string of the molecule is O=C(NC1CCCC1)C(=O)N(Cc1ccco1)C(C(=O)NC1CCCC1)c1ccccc1Cl. The second-order valence-corrected chi connectivity index (χ2v) is 9.29. The van der Waals surface area contributed by atoms with Crippen molar-refractivity contribution in [3.8, 4) is 0 Å². The van der Waals surface area contributed by atoms with Crippen molar-refractivity contribution in [1.82, 2.24) is 15.5 Å². The first kappa shape index (κ1) is 23.4. The van der Waals surface area contributed by atoms with Gasteiger partial charge in [0, 0.05) is 22.7 Å². The van der Waals surface area contributed by atoms with E-state index in [4.69, 9.17) is 16.0 Å². The first-order valence-corrected chi connectivity index (χ1v) is 12.1. The van der Waals surface area contributed by atoms with Crippen molar-refractivity contribution in [3.05, 3.63) is 59.0 Å². The molecule has 176 valence electrons. The van der Waals surface area contributed by atoms with Crippen LogP contribution in [-0.4, -0.2) is 34.7 Å². The summed E-state index contributed by atoms with van der Waals surface area (Å²) in [7, 11) is 0. The summed E-state index contributed by atoms with van der Waals surface area (Å²) in [6, 6.07) is 9.33. The molecule has 1 unspecified atom stereocenters. The Balaban J connectivity index is 1.66. The zero-order valence-corrected chi connectivity index (χ0v) is 19.4. The van der Waals surface area contributed by atoms with E-state index in [0.717, 1.165) is 51.4 Å². The molecule has 0 saturated heterocycles. The van der Waals surface area contributed by atoms with Crippen molar-refractivity contribution in [1.29, 1.82) is 0 Å². The number of amides is 3.